The lowest BCUT2D eigenvalue weighted by atomic mass is 10.1. The molecule has 0 saturated heterocycles. The standard InChI is InChI=1S/C23H18N2O4S/c26-22(15-24-23(27)17-9-3-1-4-10-17)20-16-25(21-14-8-7-13-19(20)21)30(28,29)18-11-5-2-6-12-18/h1-14,16H,15H2,(H,24,27). The third-order valence-electron chi connectivity index (χ3n) is 4.72. The average molecular weight is 418 g/mol. The molecule has 1 N–H and O–H groups in total. The van der Waals surface area contributed by atoms with Gasteiger partial charge in [0.05, 0.1) is 17.0 Å². The van der Waals surface area contributed by atoms with E-state index in [4.69, 9.17) is 0 Å². The summed E-state index contributed by atoms with van der Waals surface area (Å²) in [5.41, 5.74) is 1.08. The minimum Gasteiger partial charge on any atom is -0.345 e. The number of fused-ring (bicyclic) bond motifs is 1. The lowest BCUT2D eigenvalue weighted by Gasteiger charge is -2.07. The Morgan fingerprint density at radius 2 is 1.40 bits per heavy atom. The molecule has 6 nitrogen and oxygen atoms in total. The number of hydrogen-bond acceptors (Lipinski definition) is 4. The number of para-hydroxylation sites is 1. The van der Waals surface area contributed by atoms with Gasteiger partial charge in [-0.1, -0.05) is 54.6 Å². The first-order valence-electron chi connectivity index (χ1n) is 9.25. The van der Waals surface area contributed by atoms with Crippen LogP contribution in [0.5, 0.6) is 0 Å². The van der Waals surface area contributed by atoms with Gasteiger partial charge in [0.1, 0.15) is 0 Å². The minimum absolute atomic E-state index is 0.127. The lowest BCUT2D eigenvalue weighted by Crippen LogP contribution is -2.29. The van der Waals surface area contributed by atoms with Gasteiger partial charge in [-0.15, -0.1) is 0 Å². The quantitative estimate of drug-likeness (QED) is 0.486. The van der Waals surface area contributed by atoms with Crippen LogP contribution in [0.4, 0.5) is 0 Å². The van der Waals surface area contributed by atoms with E-state index in [1.54, 1.807) is 72.8 Å². The maximum absolute atomic E-state index is 13.1. The Morgan fingerprint density at radius 1 is 0.800 bits per heavy atom. The first-order chi connectivity index (χ1) is 14.5. The van der Waals surface area contributed by atoms with Crippen molar-refractivity contribution in [2.45, 2.75) is 4.90 Å². The van der Waals surface area contributed by atoms with Crippen molar-refractivity contribution in [2.24, 2.45) is 0 Å². The van der Waals surface area contributed by atoms with Gasteiger partial charge in [-0.05, 0) is 30.3 Å². The number of carbonyl (C=O) groups excluding carboxylic acids is 2. The van der Waals surface area contributed by atoms with Gasteiger partial charge in [0.2, 0.25) is 0 Å². The number of Topliss-reactive ketones (excluding diaryl/α,β-unsaturated/α-hetero) is 1. The number of carbonyl (C=O) groups is 2. The SMILES string of the molecule is O=C(NCC(=O)c1cn(S(=O)(=O)c2ccccc2)c2ccccc12)c1ccccc1. The van der Waals surface area contributed by atoms with Crippen LogP contribution in [0.1, 0.15) is 20.7 Å². The van der Waals surface area contributed by atoms with E-state index in [1.165, 1.54) is 18.3 Å². The maximum atomic E-state index is 13.1. The molecular formula is C23H18N2O4S. The van der Waals surface area contributed by atoms with Crippen LogP contribution in [-0.4, -0.2) is 30.6 Å². The fourth-order valence-electron chi connectivity index (χ4n) is 3.22. The largest absolute Gasteiger partial charge is 0.345 e. The summed E-state index contributed by atoms with van der Waals surface area (Å²) >= 11 is 0. The second-order valence-electron chi connectivity index (χ2n) is 6.65. The number of aromatic nitrogens is 1. The van der Waals surface area contributed by atoms with Gasteiger partial charge in [0.25, 0.3) is 15.9 Å². The van der Waals surface area contributed by atoms with Gasteiger partial charge in [0, 0.05) is 22.7 Å². The summed E-state index contributed by atoms with van der Waals surface area (Å²) in [5, 5.41) is 3.10. The Morgan fingerprint density at radius 3 is 2.10 bits per heavy atom. The molecule has 0 radical (unpaired) electrons. The predicted molar refractivity (Wildman–Crippen MR) is 114 cm³/mol. The molecule has 0 aliphatic carbocycles. The Kier molecular flexibility index (Phi) is 5.20. The molecule has 150 valence electrons. The van der Waals surface area contributed by atoms with E-state index in [1.807, 2.05) is 0 Å². The smallest absolute Gasteiger partial charge is 0.268 e. The van der Waals surface area contributed by atoms with E-state index in [0.717, 1.165) is 3.97 Å². The Hall–Kier alpha value is -3.71. The van der Waals surface area contributed by atoms with Crippen molar-refractivity contribution in [3.05, 3.63) is 102 Å². The van der Waals surface area contributed by atoms with Crippen LogP contribution in [0.25, 0.3) is 10.9 Å². The average Bonchev–Trinajstić information content (AvgIpc) is 3.19. The highest BCUT2D eigenvalue weighted by Gasteiger charge is 2.23. The second-order valence-corrected chi connectivity index (χ2v) is 8.46. The van der Waals surface area contributed by atoms with Crippen molar-refractivity contribution in [3.63, 3.8) is 0 Å². The van der Waals surface area contributed by atoms with Gasteiger partial charge in [0.15, 0.2) is 5.78 Å². The van der Waals surface area contributed by atoms with E-state index >= 15 is 0 Å². The van der Waals surface area contributed by atoms with E-state index < -0.39 is 10.0 Å². The number of nitrogens with zero attached hydrogens (tertiary/aromatic N) is 1. The molecule has 1 amide bonds. The van der Waals surface area contributed by atoms with Crippen LogP contribution in [-0.2, 0) is 10.0 Å². The molecule has 7 heteroatoms. The molecule has 4 rings (SSSR count). The van der Waals surface area contributed by atoms with Crippen LogP contribution in [0.3, 0.4) is 0 Å². The normalized spacial score (nSPS) is 11.3. The highest BCUT2D eigenvalue weighted by atomic mass is 32.2. The molecule has 0 saturated carbocycles. The predicted octanol–water partition coefficient (Wildman–Crippen LogP) is 3.49. The Labute approximate surface area is 173 Å². The molecule has 0 atom stereocenters. The third kappa shape index (κ3) is 3.62. The molecular weight excluding hydrogens is 400 g/mol. The van der Waals surface area contributed by atoms with Crippen molar-refractivity contribution in [1.29, 1.82) is 0 Å². The Bertz CT molecular complexity index is 1330. The van der Waals surface area contributed by atoms with Crippen molar-refractivity contribution in [1.82, 2.24) is 9.29 Å². The summed E-state index contributed by atoms with van der Waals surface area (Å²) in [6.07, 6.45) is 1.32. The van der Waals surface area contributed by atoms with Crippen molar-refractivity contribution in [3.8, 4) is 0 Å². The fourth-order valence-corrected chi connectivity index (χ4v) is 4.61. The van der Waals surface area contributed by atoms with E-state index in [-0.39, 0.29) is 28.7 Å². The van der Waals surface area contributed by atoms with Crippen LogP contribution >= 0.6 is 0 Å². The summed E-state index contributed by atoms with van der Waals surface area (Å²) < 4.78 is 27.3. The van der Waals surface area contributed by atoms with E-state index in [9.17, 15) is 18.0 Å². The molecule has 0 unspecified atom stereocenters. The van der Waals surface area contributed by atoms with Crippen LogP contribution < -0.4 is 5.32 Å². The number of benzene rings is 3. The zero-order valence-corrected chi connectivity index (χ0v) is 16.7. The monoisotopic (exact) mass is 418 g/mol. The van der Waals surface area contributed by atoms with Crippen LogP contribution in [0, 0.1) is 0 Å². The zero-order chi connectivity index (χ0) is 21.1. The number of rotatable bonds is 6. The fraction of sp³-hybridized carbons (Fsp3) is 0.0435. The van der Waals surface area contributed by atoms with E-state index in [0.29, 0.717) is 16.5 Å². The zero-order valence-electron chi connectivity index (χ0n) is 15.9. The third-order valence-corrected chi connectivity index (χ3v) is 6.41. The molecule has 0 spiro atoms. The van der Waals surface area contributed by atoms with Crippen molar-refractivity contribution >= 4 is 32.6 Å². The first-order valence-corrected chi connectivity index (χ1v) is 10.7. The summed E-state index contributed by atoms with van der Waals surface area (Å²) in [6, 6.07) is 23.4. The van der Waals surface area contributed by atoms with Crippen molar-refractivity contribution < 1.29 is 18.0 Å². The first kappa shape index (κ1) is 19.6. The van der Waals surface area contributed by atoms with Gasteiger partial charge in [-0.25, -0.2) is 12.4 Å². The molecule has 0 aliphatic heterocycles. The second kappa shape index (κ2) is 7.96. The highest BCUT2D eigenvalue weighted by Crippen LogP contribution is 2.26. The molecule has 0 fully saturated rings. The van der Waals surface area contributed by atoms with Gasteiger partial charge < -0.3 is 5.32 Å². The number of nitrogens with one attached hydrogen (secondary N) is 1. The summed E-state index contributed by atoms with van der Waals surface area (Å²) in [7, 11) is -3.88. The Balaban J connectivity index is 1.67. The van der Waals surface area contributed by atoms with Gasteiger partial charge in [-0.2, -0.15) is 0 Å². The van der Waals surface area contributed by atoms with E-state index in [2.05, 4.69) is 5.32 Å². The molecule has 0 aliphatic rings. The van der Waals surface area contributed by atoms with Crippen LogP contribution in [0.15, 0.2) is 96.0 Å². The van der Waals surface area contributed by atoms with Crippen LogP contribution in [0.2, 0.25) is 0 Å². The molecule has 0 bridgehead atoms. The molecule has 4 aromatic rings. The highest BCUT2D eigenvalue weighted by molar-refractivity contribution is 7.90. The summed E-state index contributed by atoms with van der Waals surface area (Å²) in [5.74, 6) is -0.748. The van der Waals surface area contributed by atoms with Gasteiger partial charge in [-0.3, -0.25) is 9.59 Å². The minimum atomic E-state index is -3.88. The molecule has 1 heterocycles. The number of hydrogen-bond donors (Lipinski definition) is 1. The maximum Gasteiger partial charge on any atom is 0.268 e. The molecule has 1 aromatic heterocycles. The summed E-state index contributed by atoms with van der Waals surface area (Å²) in [4.78, 5) is 25.2. The summed E-state index contributed by atoms with van der Waals surface area (Å²) in [6.45, 7) is -0.243. The topological polar surface area (TPSA) is 85.2 Å². The molecule has 30 heavy (non-hydrogen) atoms. The molecule has 3 aromatic carbocycles. The van der Waals surface area contributed by atoms with Gasteiger partial charge >= 0.3 is 0 Å². The lowest BCUT2D eigenvalue weighted by molar-refractivity contribution is 0.0904. The van der Waals surface area contributed by atoms with Crippen molar-refractivity contribution in [2.75, 3.05) is 6.54 Å². The number of amides is 1. The number of ketones is 1.